The van der Waals surface area contributed by atoms with E-state index in [2.05, 4.69) is 0 Å². The Bertz CT molecular complexity index is 814. The van der Waals surface area contributed by atoms with Crippen LogP contribution in [0.15, 0.2) is 35.9 Å². The minimum atomic E-state index is -0.895. The number of fused-ring (bicyclic) bond motifs is 1. The molecule has 1 aliphatic heterocycles. The number of carbonyl (C=O) groups is 2. The van der Waals surface area contributed by atoms with Gasteiger partial charge in [0.1, 0.15) is 18.3 Å². The SMILES string of the molecule is CCOC(=O)C1=C[C@H]2OC(C)(C)O[C@H]2C(OC(=O)c2ccc([N+](=O)[O-])cc2)C1. The topological polar surface area (TPSA) is 114 Å². The normalized spacial score (nSPS) is 25.4. The quantitative estimate of drug-likeness (QED) is 0.427. The molecule has 0 N–H and O–H groups in total. The molecule has 0 spiro atoms. The minimum absolute atomic E-state index is 0.123. The van der Waals surface area contributed by atoms with Crippen molar-refractivity contribution in [2.75, 3.05) is 6.61 Å². The number of nitro groups is 1. The molecule has 9 heteroatoms. The molecule has 1 aromatic rings. The van der Waals surface area contributed by atoms with E-state index in [-0.39, 0.29) is 24.3 Å². The zero-order valence-corrected chi connectivity index (χ0v) is 15.7. The molecule has 0 saturated carbocycles. The maximum atomic E-state index is 12.5. The van der Waals surface area contributed by atoms with Crippen molar-refractivity contribution in [3.8, 4) is 0 Å². The number of nitrogens with zero attached hydrogens (tertiary/aromatic N) is 1. The van der Waals surface area contributed by atoms with E-state index in [4.69, 9.17) is 18.9 Å². The summed E-state index contributed by atoms with van der Waals surface area (Å²) in [6.07, 6.45) is -0.127. The lowest BCUT2D eigenvalue weighted by Crippen LogP contribution is -2.42. The average Bonchev–Trinajstić information content (AvgIpc) is 2.96. The van der Waals surface area contributed by atoms with Crippen LogP contribution >= 0.6 is 0 Å². The highest BCUT2D eigenvalue weighted by molar-refractivity contribution is 5.91. The minimum Gasteiger partial charge on any atom is -0.463 e. The van der Waals surface area contributed by atoms with Gasteiger partial charge < -0.3 is 18.9 Å². The molecular formula is C19H21NO8. The van der Waals surface area contributed by atoms with E-state index in [1.54, 1.807) is 26.8 Å². The van der Waals surface area contributed by atoms with Crippen molar-refractivity contribution in [2.45, 2.75) is 51.3 Å². The van der Waals surface area contributed by atoms with Gasteiger partial charge in [-0.15, -0.1) is 0 Å². The first-order chi connectivity index (χ1) is 13.2. The summed E-state index contributed by atoms with van der Waals surface area (Å²) in [7, 11) is 0. The van der Waals surface area contributed by atoms with Crippen molar-refractivity contribution in [3.63, 3.8) is 0 Å². The van der Waals surface area contributed by atoms with Crippen LogP contribution in [0.4, 0.5) is 5.69 Å². The zero-order valence-electron chi connectivity index (χ0n) is 15.7. The van der Waals surface area contributed by atoms with Gasteiger partial charge >= 0.3 is 11.9 Å². The van der Waals surface area contributed by atoms with E-state index >= 15 is 0 Å². The Morgan fingerprint density at radius 2 is 1.89 bits per heavy atom. The fourth-order valence-electron chi connectivity index (χ4n) is 3.24. The zero-order chi connectivity index (χ0) is 20.5. The van der Waals surface area contributed by atoms with Crippen molar-refractivity contribution in [3.05, 3.63) is 51.6 Å². The van der Waals surface area contributed by atoms with Crippen LogP contribution in [0.2, 0.25) is 0 Å². The van der Waals surface area contributed by atoms with Crippen LogP contribution < -0.4 is 0 Å². The van der Waals surface area contributed by atoms with Gasteiger partial charge in [-0.1, -0.05) is 0 Å². The maximum absolute atomic E-state index is 12.5. The predicted octanol–water partition coefficient (Wildman–Crippen LogP) is 2.53. The number of nitro benzene ring substituents is 1. The molecule has 9 nitrogen and oxygen atoms in total. The van der Waals surface area contributed by atoms with Gasteiger partial charge in [-0.25, -0.2) is 9.59 Å². The van der Waals surface area contributed by atoms with Crippen LogP contribution in [0, 0.1) is 10.1 Å². The van der Waals surface area contributed by atoms with Crippen LogP contribution in [-0.2, 0) is 23.7 Å². The second-order valence-electron chi connectivity index (χ2n) is 6.93. The van der Waals surface area contributed by atoms with Crippen molar-refractivity contribution in [2.24, 2.45) is 0 Å². The number of carbonyl (C=O) groups excluding carboxylic acids is 2. The second kappa shape index (κ2) is 7.69. The number of rotatable bonds is 5. The van der Waals surface area contributed by atoms with Gasteiger partial charge in [0.05, 0.1) is 17.1 Å². The first-order valence-electron chi connectivity index (χ1n) is 8.89. The van der Waals surface area contributed by atoms with Gasteiger partial charge in [-0.3, -0.25) is 10.1 Å². The van der Waals surface area contributed by atoms with Gasteiger partial charge in [0, 0.05) is 24.1 Å². The summed E-state index contributed by atoms with van der Waals surface area (Å²) in [4.78, 5) is 34.9. The smallest absolute Gasteiger partial charge is 0.338 e. The van der Waals surface area contributed by atoms with E-state index in [0.717, 1.165) is 0 Å². The highest BCUT2D eigenvalue weighted by Gasteiger charge is 2.49. The summed E-state index contributed by atoms with van der Waals surface area (Å²) in [5.41, 5.74) is 0.384. The molecule has 0 aromatic heterocycles. The van der Waals surface area contributed by atoms with Gasteiger partial charge in [0.2, 0.25) is 0 Å². The fraction of sp³-hybridized carbons (Fsp3) is 0.474. The number of benzene rings is 1. The lowest BCUT2D eigenvalue weighted by Gasteiger charge is -2.30. The summed E-state index contributed by atoms with van der Waals surface area (Å²) in [5, 5.41) is 10.7. The standard InChI is InChI=1S/C19H21NO8/c1-4-25-17(21)12-9-14(16-15(10-12)27-19(2,3)28-16)26-18(22)11-5-7-13(8-6-11)20(23)24/h5-8,10,14-16H,4,9H2,1-3H3/t14?,15-,16+/m1/s1. The van der Waals surface area contributed by atoms with Crippen LogP contribution in [-0.4, -0.2) is 47.6 Å². The van der Waals surface area contributed by atoms with Crippen molar-refractivity contribution in [1.82, 2.24) is 0 Å². The molecule has 1 aliphatic carbocycles. The monoisotopic (exact) mass is 391 g/mol. The Labute approximate surface area is 161 Å². The Kier molecular flexibility index (Phi) is 5.48. The van der Waals surface area contributed by atoms with Crippen LogP contribution in [0.5, 0.6) is 0 Å². The van der Waals surface area contributed by atoms with Crippen molar-refractivity contribution in [1.29, 1.82) is 0 Å². The highest BCUT2D eigenvalue weighted by atomic mass is 16.8. The van der Waals surface area contributed by atoms with Gasteiger partial charge in [0.15, 0.2) is 5.79 Å². The summed E-state index contributed by atoms with van der Waals surface area (Å²) in [5.74, 6) is -2.06. The molecule has 1 heterocycles. The molecule has 1 aromatic carbocycles. The molecule has 3 atom stereocenters. The number of hydrogen-bond donors (Lipinski definition) is 0. The maximum Gasteiger partial charge on any atom is 0.338 e. The van der Waals surface area contributed by atoms with Gasteiger partial charge in [-0.05, 0) is 39.0 Å². The number of non-ortho nitro benzene ring substituents is 1. The van der Waals surface area contributed by atoms with Gasteiger partial charge in [-0.2, -0.15) is 0 Å². The summed E-state index contributed by atoms with van der Waals surface area (Å²) >= 11 is 0. The lowest BCUT2D eigenvalue weighted by molar-refractivity contribution is -0.384. The first kappa shape index (κ1) is 20.0. The molecule has 0 amide bonds. The van der Waals surface area contributed by atoms with Gasteiger partial charge in [0.25, 0.3) is 5.69 Å². The van der Waals surface area contributed by atoms with Crippen molar-refractivity contribution >= 4 is 17.6 Å². The van der Waals surface area contributed by atoms with E-state index in [0.29, 0.717) is 5.57 Å². The predicted molar refractivity (Wildman–Crippen MR) is 95.5 cm³/mol. The Morgan fingerprint density at radius 3 is 2.50 bits per heavy atom. The third-order valence-electron chi connectivity index (χ3n) is 4.43. The fourth-order valence-corrected chi connectivity index (χ4v) is 3.24. The number of esters is 2. The summed E-state index contributed by atoms with van der Waals surface area (Å²) in [6.45, 7) is 5.39. The molecule has 150 valence electrons. The molecule has 0 radical (unpaired) electrons. The molecule has 1 unspecified atom stereocenters. The van der Waals surface area contributed by atoms with Crippen LogP contribution in [0.1, 0.15) is 37.6 Å². The Morgan fingerprint density at radius 1 is 1.21 bits per heavy atom. The second-order valence-corrected chi connectivity index (χ2v) is 6.93. The number of hydrogen-bond acceptors (Lipinski definition) is 8. The first-order valence-corrected chi connectivity index (χ1v) is 8.89. The average molecular weight is 391 g/mol. The molecule has 1 saturated heterocycles. The molecule has 3 rings (SSSR count). The highest BCUT2D eigenvalue weighted by Crippen LogP contribution is 2.37. The summed E-state index contributed by atoms with van der Waals surface area (Å²) < 4.78 is 22.3. The van der Waals surface area contributed by atoms with E-state index in [1.165, 1.54) is 24.3 Å². The number of ether oxygens (including phenoxy) is 4. The van der Waals surface area contributed by atoms with E-state index in [9.17, 15) is 19.7 Å². The third-order valence-corrected chi connectivity index (χ3v) is 4.43. The van der Waals surface area contributed by atoms with Crippen LogP contribution in [0.3, 0.4) is 0 Å². The van der Waals surface area contributed by atoms with E-state index < -0.39 is 41.0 Å². The van der Waals surface area contributed by atoms with Crippen molar-refractivity contribution < 1.29 is 33.5 Å². The van der Waals surface area contributed by atoms with Crippen LogP contribution in [0.25, 0.3) is 0 Å². The largest absolute Gasteiger partial charge is 0.463 e. The Hall–Kier alpha value is -2.78. The molecular weight excluding hydrogens is 370 g/mol. The van der Waals surface area contributed by atoms with E-state index in [1.807, 2.05) is 0 Å². The molecule has 0 bridgehead atoms. The third kappa shape index (κ3) is 4.20. The lowest BCUT2D eigenvalue weighted by atomic mass is 9.92. The Balaban J connectivity index is 1.79. The molecule has 28 heavy (non-hydrogen) atoms. The summed E-state index contributed by atoms with van der Waals surface area (Å²) in [6, 6.07) is 5.09. The molecule has 2 aliphatic rings. The molecule has 1 fully saturated rings.